The Kier molecular flexibility index (Phi) is 15.8. The van der Waals surface area contributed by atoms with E-state index in [1.165, 1.54) is 52.4 Å². The van der Waals surface area contributed by atoms with Crippen LogP contribution >= 0.6 is 23.2 Å². The summed E-state index contributed by atoms with van der Waals surface area (Å²) in [6.07, 6.45) is 2.05. The van der Waals surface area contributed by atoms with Crippen LogP contribution < -0.4 is 9.47 Å². The Morgan fingerprint density at radius 3 is 1.47 bits per heavy atom. The molecule has 0 radical (unpaired) electrons. The third-order valence-electron chi connectivity index (χ3n) is 15.4. The molecule has 4 N–H and O–H groups in total. The minimum Gasteiger partial charge on any atom is -0.490 e. The molecule has 12 nitrogen and oxygen atoms in total. The van der Waals surface area contributed by atoms with E-state index in [9.17, 15) is 30.0 Å². The van der Waals surface area contributed by atoms with E-state index in [2.05, 4.69) is 12.1 Å². The highest BCUT2D eigenvalue weighted by molar-refractivity contribution is 6.31. The van der Waals surface area contributed by atoms with Crippen LogP contribution in [0.1, 0.15) is 118 Å². The van der Waals surface area contributed by atoms with Gasteiger partial charge in [0.2, 0.25) is 0 Å². The number of benzene rings is 4. The lowest BCUT2D eigenvalue weighted by Crippen LogP contribution is -2.55. The van der Waals surface area contributed by atoms with Gasteiger partial charge in [-0.15, -0.1) is 0 Å². The zero-order valence-electron chi connectivity index (χ0n) is 40.2. The highest BCUT2D eigenvalue weighted by Gasteiger charge is 2.49. The van der Waals surface area contributed by atoms with Crippen molar-refractivity contribution in [1.82, 2.24) is 0 Å². The average Bonchev–Trinajstić information content (AvgIpc) is 4.18. The zero-order valence-corrected chi connectivity index (χ0v) is 41.7. The van der Waals surface area contributed by atoms with Crippen molar-refractivity contribution in [2.45, 2.75) is 153 Å². The number of halogens is 2. The molecule has 14 heteroatoms. The molecule has 2 aliphatic heterocycles. The molecule has 16 atom stereocenters. The van der Waals surface area contributed by atoms with Gasteiger partial charge in [0.1, 0.15) is 54.2 Å². The molecule has 6 fully saturated rings. The zero-order chi connectivity index (χ0) is 49.4. The number of hydrogen-bond acceptors (Lipinski definition) is 12. The third kappa shape index (κ3) is 11.8. The van der Waals surface area contributed by atoms with Gasteiger partial charge in [-0.3, -0.25) is 9.59 Å². The summed E-state index contributed by atoms with van der Waals surface area (Å²) in [5, 5.41) is 41.2. The van der Waals surface area contributed by atoms with Crippen molar-refractivity contribution in [2.24, 2.45) is 29.6 Å². The second kappa shape index (κ2) is 21.9. The Balaban J connectivity index is 0.000000176. The van der Waals surface area contributed by atoms with Crippen LogP contribution in [0.3, 0.4) is 0 Å². The maximum Gasteiger partial charge on any atom is 0.303 e. The number of fused-ring (bicyclic) bond motifs is 2. The van der Waals surface area contributed by atoms with Crippen molar-refractivity contribution in [3.8, 4) is 11.5 Å². The van der Waals surface area contributed by atoms with Gasteiger partial charge in [0, 0.05) is 29.8 Å². The van der Waals surface area contributed by atoms with Crippen molar-refractivity contribution in [3.63, 3.8) is 0 Å². The van der Waals surface area contributed by atoms with Gasteiger partial charge in [-0.05, 0) is 151 Å². The molecule has 6 aliphatic rings. The average molecular weight is 1000 g/mol. The third-order valence-corrected chi connectivity index (χ3v) is 16.1. The van der Waals surface area contributed by atoms with E-state index in [-0.39, 0.29) is 12.0 Å². The molecular weight excluding hydrogens is 936 g/mol. The first-order valence-corrected chi connectivity index (χ1v) is 25.8. The highest BCUT2D eigenvalue weighted by Crippen LogP contribution is 2.53. The number of esters is 2. The van der Waals surface area contributed by atoms with Gasteiger partial charge in [0.05, 0.1) is 24.9 Å². The maximum absolute atomic E-state index is 12.0. The van der Waals surface area contributed by atoms with Gasteiger partial charge in [0.25, 0.3) is 0 Å². The molecule has 0 bridgehead atoms. The fourth-order valence-electron chi connectivity index (χ4n) is 11.4. The predicted octanol–water partition coefficient (Wildman–Crippen LogP) is 9.08. The molecule has 10 rings (SSSR count). The van der Waals surface area contributed by atoms with Gasteiger partial charge in [0.15, 0.2) is 6.10 Å². The summed E-state index contributed by atoms with van der Waals surface area (Å²) in [4.78, 5) is 24.0. The molecule has 0 amide bonds. The van der Waals surface area contributed by atoms with Crippen LogP contribution in [0.2, 0.25) is 10.0 Å². The molecular formula is C56H66Cl2O12. The normalized spacial score (nSPS) is 33.7. The molecule has 4 aromatic rings. The molecule has 4 aromatic carbocycles. The summed E-state index contributed by atoms with van der Waals surface area (Å²) < 4.78 is 35.9. The van der Waals surface area contributed by atoms with Crippen LogP contribution in [0.4, 0.5) is 0 Å². The first-order valence-electron chi connectivity index (χ1n) is 25.0. The lowest BCUT2D eigenvalue weighted by molar-refractivity contribution is -0.231. The predicted molar refractivity (Wildman–Crippen MR) is 263 cm³/mol. The van der Waals surface area contributed by atoms with E-state index >= 15 is 0 Å². The van der Waals surface area contributed by atoms with Crippen LogP contribution in [-0.4, -0.2) is 93.9 Å². The monoisotopic (exact) mass is 1000 g/mol. The van der Waals surface area contributed by atoms with Crippen molar-refractivity contribution < 1.29 is 58.4 Å². The lowest BCUT2D eigenvalue weighted by atomic mass is 9.84. The summed E-state index contributed by atoms with van der Waals surface area (Å²) in [7, 11) is 0. The molecule has 2 unspecified atom stereocenters. The Morgan fingerprint density at radius 2 is 1.03 bits per heavy atom. The van der Waals surface area contributed by atoms with Crippen LogP contribution in [0.15, 0.2) is 84.9 Å². The Hall–Kier alpha value is -4.24. The molecule has 2 saturated heterocycles. The fraction of sp³-hybridized carbons (Fsp3) is 0.536. The highest BCUT2D eigenvalue weighted by atomic mass is 35.5. The van der Waals surface area contributed by atoms with Gasteiger partial charge in [-0.2, -0.15) is 0 Å². The summed E-state index contributed by atoms with van der Waals surface area (Å²) in [6.45, 7) is 6.26. The minimum absolute atomic E-state index is 0.132. The van der Waals surface area contributed by atoms with Gasteiger partial charge in [-0.1, -0.05) is 85.6 Å². The first kappa shape index (κ1) is 50.7. The number of rotatable bonds is 14. The first-order chi connectivity index (χ1) is 33.6. The summed E-state index contributed by atoms with van der Waals surface area (Å²) in [5.74, 6) is 4.36. The molecule has 4 aliphatic carbocycles. The molecule has 70 heavy (non-hydrogen) atoms. The number of aliphatic hydroxyl groups is 4. The second-order valence-corrected chi connectivity index (χ2v) is 21.4. The van der Waals surface area contributed by atoms with E-state index in [1.807, 2.05) is 74.5 Å². The summed E-state index contributed by atoms with van der Waals surface area (Å²) in [5.41, 5.74) is 5.43. The van der Waals surface area contributed by atoms with Gasteiger partial charge in [-0.25, -0.2) is 0 Å². The molecule has 4 saturated carbocycles. The molecule has 0 spiro atoms. The van der Waals surface area contributed by atoms with E-state index in [0.29, 0.717) is 40.7 Å². The van der Waals surface area contributed by atoms with Crippen LogP contribution in [-0.2, 0) is 41.4 Å². The maximum atomic E-state index is 12.0. The Bertz CT molecular complexity index is 2430. The summed E-state index contributed by atoms with van der Waals surface area (Å²) in [6, 6.07) is 27.3. The number of aliphatic hydroxyl groups excluding tert-OH is 4. The molecule has 0 aromatic heterocycles. The van der Waals surface area contributed by atoms with Crippen LogP contribution in [0.5, 0.6) is 11.5 Å². The quantitative estimate of drug-likeness (QED) is 0.0886. The van der Waals surface area contributed by atoms with Crippen molar-refractivity contribution in [3.05, 3.63) is 128 Å². The van der Waals surface area contributed by atoms with Gasteiger partial charge < -0.3 is 48.8 Å². The Morgan fingerprint density at radius 1 is 0.586 bits per heavy atom. The minimum atomic E-state index is -1.41. The number of carbonyl (C=O) groups is 2. The van der Waals surface area contributed by atoms with Crippen molar-refractivity contribution in [2.75, 3.05) is 6.61 Å². The number of ether oxygens (including phenoxy) is 6. The van der Waals surface area contributed by atoms with E-state index in [1.54, 1.807) is 12.1 Å². The fourth-order valence-corrected chi connectivity index (χ4v) is 11.8. The largest absolute Gasteiger partial charge is 0.490 e. The number of hydrogen-bond donors (Lipinski definition) is 4. The Labute approximate surface area is 420 Å². The van der Waals surface area contributed by atoms with E-state index in [0.717, 1.165) is 69.4 Å². The summed E-state index contributed by atoms with van der Waals surface area (Å²) >= 11 is 13.1. The smallest absolute Gasteiger partial charge is 0.303 e. The topological polar surface area (TPSA) is 170 Å². The number of carbonyl (C=O) groups excluding carboxylic acids is 2. The van der Waals surface area contributed by atoms with Crippen LogP contribution in [0, 0.1) is 29.6 Å². The standard InChI is InChI=1S/C31H37ClO6.C25H29ClO6/c1-5-28-17(2)29(35-18(3)33)31(36-19(4)34)30(38-28)21-8-11-27(32)24(13-21)12-20-6-9-25(10-7-20)37-26-15-22-14-23(22)16-26;26-20-6-3-14(25-24(30)23(29)22(28)21(12-27)32-25)8-17(20)7-13-1-4-18(5-2-13)31-19-10-15-9-16(15)11-19/h6-11,13,17,22-23,26,28-31H,5,12,14-16H2,1-4H3;1-6,8,15-16,19,21-25,27-30H,7,9-12H2/t17-,22-,23+,26?,28-,29+,30+,31-;15-,16+,19?,21-,22-,23+,24-,25+/m11/s1. The molecule has 2 heterocycles. The molecule has 376 valence electrons. The van der Waals surface area contributed by atoms with Crippen molar-refractivity contribution in [1.29, 1.82) is 0 Å². The van der Waals surface area contributed by atoms with E-state index < -0.39 is 67.4 Å². The lowest BCUT2D eigenvalue weighted by Gasteiger charge is -2.44. The second-order valence-electron chi connectivity index (χ2n) is 20.5. The van der Waals surface area contributed by atoms with Crippen molar-refractivity contribution >= 4 is 35.1 Å². The SMILES string of the molecule is CC[C@H]1O[C@@H](c2ccc(Cl)c(Cc3ccc(OC4C[C@@H]5C[C@@H]5C4)cc3)c2)[C@H](OC(C)=O)[C@@H](OC(C)=O)[C@@H]1C.OC[C@H]1O[C@@H](c2ccc(Cl)c(Cc3ccc(OC4C[C@@H]5C[C@@H]5C4)cc3)c2)[C@H](O)[C@@H](O)[C@@H]1O. The van der Waals surface area contributed by atoms with E-state index in [4.69, 9.17) is 51.6 Å². The van der Waals surface area contributed by atoms with Crippen LogP contribution in [0.25, 0.3) is 0 Å². The van der Waals surface area contributed by atoms with Gasteiger partial charge >= 0.3 is 11.9 Å².